The number of benzene rings is 2. The molecule has 0 unspecified atom stereocenters. The van der Waals surface area contributed by atoms with E-state index in [1.54, 1.807) is 6.20 Å². The summed E-state index contributed by atoms with van der Waals surface area (Å²) in [6.07, 6.45) is 1.73. The molecule has 0 bridgehead atoms. The topological polar surface area (TPSA) is 52.8 Å². The van der Waals surface area contributed by atoms with E-state index in [4.69, 9.17) is 4.74 Å². The third-order valence-electron chi connectivity index (χ3n) is 4.14. The summed E-state index contributed by atoms with van der Waals surface area (Å²) < 4.78 is 7.96. The first-order valence-electron chi connectivity index (χ1n) is 7.43. The van der Waals surface area contributed by atoms with Crippen LogP contribution in [0.5, 0.6) is 11.5 Å². The molecule has 0 radical (unpaired) electrons. The first-order chi connectivity index (χ1) is 11.4. The van der Waals surface area contributed by atoms with Gasteiger partial charge in [0.25, 0.3) is 0 Å². The maximum atomic E-state index is 6.04. The molecule has 0 amide bonds. The van der Waals surface area contributed by atoms with Crippen molar-refractivity contribution in [2.24, 2.45) is 0 Å². The van der Waals surface area contributed by atoms with E-state index in [2.05, 4.69) is 27.4 Å². The van der Waals surface area contributed by atoms with E-state index in [9.17, 15) is 0 Å². The lowest BCUT2D eigenvalue weighted by atomic mass is 9.94. The molecule has 5 heteroatoms. The summed E-state index contributed by atoms with van der Waals surface area (Å²) >= 11 is 0. The third-order valence-corrected chi connectivity index (χ3v) is 4.14. The van der Waals surface area contributed by atoms with Crippen molar-refractivity contribution in [3.63, 3.8) is 0 Å². The maximum Gasteiger partial charge on any atom is 0.201 e. The predicted octanol–water partition coefficient (Wildman–Crippen LogP) is 3.57. The number of para-hydroxylation sites is 2. The molecular weight excluding hydrogens is 288 g/mol. The van der Waals surface area contributed by atoms with Crippen molar-refractivity contribution in [2.45, 2.75) is 6.04 Å². The van der Waals surface area contributed by atoms with Crippen molar-refractivity contribution in [3.8, 4) is 11.5 Å². The molecule has 1 aliphatic rings. The number of nitrogens with zero attached hydrogens (tertiary/aromatic N) is 4. The van der Waals surface area contributed by atoms with Gasteiger partial charge in [0.05, 0.1) is 0 Å². The lowest BCUT2D eigenvalue weighted by Gasteiger charge is -2.28. The minimum atomic E-state index is -0.0784. The van der Waals surface area contributed by atoms with Crippen LogP contribution in [0.4, 0.5) is 0 Å². The van der Waals surface area contributed by atoms with Gasteiger partial charge in [0, 0.05) is 17.3 Å². The molecule has 0 fully saturated rings. The van der Waals surface area contributed by atoms with Gasteiger partial charge >= 0.3 is 0 Å². The standard InChI is InChI=1S/C18H12N4O/c1-3-9-15-12(6-1)17(13-7-2-4-10-16(13)23-15)22-14-8-5-11-19-18(14)20-21-22/h1-11,17H. The molecule has 0 saturated carbocycles. The van der Waals surface area contributed by atoms with Crippen LogP contribution >= 0.6 is 0 Å². The van der Waals surface area contributed by atoms with Gasteiger partial charge in [-0.15, -0.1) is 5.10 Å². The van der Waals surface area contributed by atoms with Crippen LogP contribution in [0.1, 0.15) is 17.2 Å². The Bertz CT molecular complexity index is 979. The average molecular weight is 300 g/mol. The zero-order chi connectivity index (χ0) is 15.2. The largest absolute Gasteiger partial charge is 0.457 e. The summed E-state index contributed by atoms with van der Waals surface area (Å²) in [6, 6.07) is 19.9. The second-order valence-electron chi connectivity index (χ2n) is 5.46. The van der Waals surface area contributed by atoms with E-state index in [1.807, 2.05) is 53.2 Å². The van der Waals surface area contributed by atoms with E-state index in [0.29, 0.717) is 5.65 Å². The molecule has 110 valence electrons. The fraction of sp³-hybridized carbons (Fsp3) is 0.0556. The van der Waals surface area contributed by atoms with Gasteiger partial charge in [0.2, 0.25) is 5.65 Å². The molecule has 5 nitrogen and oxygen atoms in total. The number of rotatable bonds is 1. The molecule has 2 aromatic heterocycles. The molecule has 4 aromatic rings. The number of pyridine rings is 1. The Morgan fingerprint density at radius 3 is 2.26 bits per heavy atom. The summed E-state index contributed by atoms with van der Waals surface area (Å²) in [4.78, 5) is 4.28. The SMILES string of the molecule is c1ccc2c(c1)Oc1ccccc1C2n1nnc2ncccc21. The Morgan fingerprint density at radius 1 is 0.826 bits per heavy atom. The number of aromatic nitrogens is 4. The fourth-order valence-corrected chi connectivity index (χ4v) is 3.12. The van der Waals surface area contributed by atoms with Gasteiger partial charge in [0.1, 0.15) is 23.1 Å². The van der Waals surface area contributed by atoms with Crippen molar-refractivity contribution in [1.29, 1.82) is 0 Å². The van der Waals surface area contributed by atoms with Crippen LogP contribution in [-0.4, -0.2) is 20.0 Å². The first-order valence-corrected chi connectivity index (χ1v) is 7.43. The molecule has 1 aliphatic heterocycles. The molecule has 5 rings (SSSR count). The van der Waals surface area contributed by atoms with Gasteiger partial charge in [0.15, 0.2) is 0 Å². The number of fused-ring (bicyclic) bond motifs is 3. The number of hydrogen-bond donors (Lipinski definition) is 0. The van der Waals surface area contributed by atoms with Crippen molar-refractivity contribution in [2.75, 3.05) is 0 Å². The predicted molar refractivity (Wildman–Crippen MR) is 85.5 cm³/mol. The Morgan fingerprint density at radius 2 is 1.52 bits per heavy atom. The van der Waals surface area contributed by atoms with Gasteiger partial charge in [-0.3, -0.25) is 0 Å². The second kappa shape index (κ2) is 4.64. The minimum Gasteiger partial charge on any atom is -0.457 e. The Hall–Kier alpha value is -3.21. The van der Waals surface area contributed by atoms with Gasteiger partial charge in [-0.1, -0.05) is 41.6 Å². The molecule has 0 spiro atoms. The van der Waals surface area contributed by atoms with Gasteiger partial charge in [-0.25, -0.2) is 9.67 Å². The highest BCUT2D eigenvalue weighted by Crippen LogP contribution is 2.44. The monoisotopic (exact) mass is 300 g/mol. The summed E-state index contributed by atoms with van der Waals surface area (Å²) in [6.45, 7) is 0. The van der Waals surface area contributed by atoms with Crippen LogP contribution in [-0.2, 0) is 0 Å². The zero-order valence-corrected chi connectivity index (χ0v) is 12.1. The molecule has 0 atom stereocenters. The molecule has 2 aromatic carbocycles. The van der Waals surface area contributed by atoms with Crippen LogP contribution in [0, 0.1) is 0 Å². The van der Waals surface area contributed by atoms with E-state index in [0.717, 1.165) is 28.1 Å². The first kappa shape index (κ1) is 12.3. The van der Waals surface area contributed by atoms with E-state index < -0.39 is 0 Å². The van der Waals surface area contributed by atoms with Crippen molar-refractivity contribution in [1.82, 2.24) is 20.0 Å². The highest BCUT2D eigenvalue weighted by Gasteiger charge is 2.30. The second-order valence-corrected chi connectivity index (χ2v) is 5.46. The highest BCUT2D eigenvalue weighted by molar-refractivity contribution is 5.70. The van der Waals surface area contributed by atoms with Crippen molar-refractivity contribution < 1.29 is 4.74 Å². The van der Waals surface area contributed by atoms with Gasteiger partial charge in [-0.05, 0) is 24.3 Å². The summed E-state index contributed by atoms with van der Waals surface area (Å²) in [7, 11) is 0. The Balaban J connectivity index is 1.82. The molecule has 23 heavy (non-hydrogen) atoms. The summed E-state index contributed by atoms with van der Waals surface area (Å²) in [5.74, 6) is 1.70. The molecule has 3 heterocycles. The maximum absolute atomic E-state index is 6.04. The zero-order valence-electron chi connectivity index (χ0n) is 12.1. The highest BCUT2D eigenvalue weighted by atomic mass is 16.5. The normalized spacial score (nSPS) is 13.4. The van der Waals surface area contributed by atoms with Crippen LogP contribution in [0.3, 0.4) is 0 Å². The van der Waals surface area contributed by atoms with Crippen LogP contribution < -0.4 is 4.74 Å². The van der Waals surface area contributed by atoms with Gasteiger partial charge < -0.3 is 4.74 Å². The lowest BCUT2D eigenvalue weighted by molar-refractivity contribution is 0.425. The Kier molecular flexibility index (Phi) is 2.49. The average Bonchev–Trinajstić information content (AvgIpc) is 3.03. The summed E-state index contributed by atoms with van der Waals surface area (Å²) in [5.41, 5.74) is 3.70. The van der Waals surface area contributed by atoms with E-state index >= 15 is 0 Å². The van der Waals surface area contributed by atoms with Crippen molar-refractivity contribution >= 4 is 11.2 Å². The van der Waals surface area contributed by atoms with Crippen LogP contribution in [0.15, 0.2) is 66.9 Å². The molecular formula is C18H12N4O. The number of hydrogen-bond acceptors (Lipinski definition) is 4. The third kappa shape index (κ3) is 1.76. The molecule has 0 saturated heterocycles. The van der Waals surface area contributed by atoms with Crippen molar-refractivity contribution in [3.05, 3.63) is 78.0 Å². The quantitative estimate of drug-likeness (QED) is 0.475. The van der Waals surface area contributed by atoms with E-state index in [-0.39, 0.29) is 6.04 Å². The van der Waals surface area contributed by atoms with Gasteiger partial charge in [-0.2, -0.15) is 0 Å². The smallest absolute Gasteiger partial charge is 0.201 e. The van der Waals surface area contributed by atoms with Crippen LogP contribution in [0.25, 0.3) is 11.2 Å². The number of ether oxygens (including phenoxy) is 1. The lowest BCUT2D eigenvalue weighted by Crippen LogP contribution is -2.18. The summed E-state index contributed by atoms with van der Waals surface area (Å²) in [5, 5.41) is 8.57. The molecule has 0 N–H and O–H groups in total. The Labute approximate surface area is 132 Å². The minimum absolute atomic E-state index is 0.0784. The van der Waals surface area contributed by atoms with E-state index in [1.165, 1.54) is 0 Å². The van der Waals surface area contributed by atoms with Crippen LogP contribution in [0.2, 0.25) is 0 Å². The fourth-order valence-electron chi connectivity index (χ4n) is 3.12. The molecule has 0 aliphatic carbocycles.